The van der Waals surface area contributed by atoms with Gasteiger partial charge in [0.1, 0.15) is 0 Å². The van der Waals surface area contributed by atoms with Gasteiger partial charge in [-0.05, 0) is 44.1 Å². The lowest BCUT2D eigenvalue weighted by Gasteiger charge is -2.13. The first-order valence-corrected chi connectivity index (χ1v) is 7.13. The van der Waals surface area contributed by atoms with Crippen LogP contribution in [-0.2, 0) is 9.53 Å². The second-order valence-electron chi connectivity index (χ2n) is 6.26. The van der Waals surface area contributed by atoms with Gasteiger partial charge in [0, 0.05) is 0 Å². The van der Waals surface area contributed by atoms with Crippen LogP contribution in [0.2, 0.25) is 0 Å². The Balaban J connectivity index is 2.90. The summed E-state index contributed by atoms with van der Waals surface area (Å²) in [6.45, 7) is 11.8. The molecule has 0 heterocycles. The fraction of sp³-hybridized carbons (Fsp3) is 0.611. The zero-order valence-corrected chi connectivity index (χ0v) is 13.4. The first-order valence-electron chi connectivity index (χ1n) is 7.63. The van der Waals surface area contributed by atoms with Crippen molar-refractivity contribution in [1.29, 1.82) is 0 Å². The van der Waals surface area contributed by atoms with E-state index < -0.39 is 6.08 Å². The van der Waals surface area contributed by atoms with E-state index in [-0.39, 0.29) is 23.2 Å². The molecule has 3 atom stereocenters. The lowest BCUT2D eigenvalue weighted by molar-refractivity contribution is -0.147. The number of esters is 1. The topological polar surface area (TPSA) is 26.3 Å². The molecule has 0 bridgehead atoms. The molecule has 1 saturated carbocycles. The van der Waals surface area contributed by atoms with Crippen LogP contribution in [0.25, 0.3) is 0 Å². The van der Waals surface area contributed by atoms with E-state index in [2.05, 4.69) is 12.0 Å². The van der Waals surface area contributed by atoms with Crippen molar-refractivity contribution in [3.8, 4) is 12.3 Å². The Morgan fingerprint density at radius 1 is 1.50 bits per heavy atom. The lowest BCUT2D eigenvalue weighted by Crippen LogP contribution is -2.20. The van der Waals surface area contributed by atoms with Gasteiger partial charge in [-0.25, -0.2) is 0 Å². The van der Waals surface area contributed by atoms with Crippen molar-refractivity contribution in [2.75, 3.05) is 0 Å². The predicted octanol–water partition coefficient (Wildman–Crippen LogP) is 4.13. The third-order valence-corrected chi connectivity index (χ3v) is 3.88. The summed E-state index contributed by atoms with van der Waals surface area (Å²) in [4.78, 5) is 12.4. The molecule has 0 amide bonds. The molecule has 0 aromatic heterocycles. The molecule has 2 nitrogen and oxygen atoms in total. The summed E-state index contributed by atoms with van der Waals surface area (Å²) < 4.78 is 13.6. The summed E-state index contributed by atoms with van der Waals surface area (Å²) in [6, 6.07) is 0. The summed E-state index contributed by atoms with van der Waals surface area (Å²) in [5.74, 6) is 1.86. The van der Waals surface area contributed by atoms with Gasteiger partial charge in [-0.1, -0.05) is 44.4 Å². The first kappa shape index (κ1) is 14.9. The predicted molar refractivity (Wildman–Crippen MR) is 83.0 cm³/mol. The van der Waals surface area contributed by atoms with E-state index >= 15 is 0 Å². The van der Waals surface area contributed by atoms with Crippen molar-refractivity contribution >= 4 is 5.97 Å². The minimum Gasteiger partial charge on any atom is -0.444 e. The quantitative estimate of drug-likeness (QED) is 0.428. The Hall–Kier alpha value is -1.49. The number of terminal acetylenes is 1. The number of allylic oxidation sites excluding steroid dienone is 3. The Morgan fingerprint density at radius 2 is 2.10 bits per heavy atom. The van der Waals surface area contributed by atoms with Gasteiger partial charge in [0.2, 0.25) is 0 Å². The Kier molecular flexibility index (Phi) is 4.70. The number of ether oxygens (including phenoxy) is 1. The smallest absolute Gasteiger partial charge is 0.311 e. The van der Waals surface area contributed by atoms with Gasteiger partial charge >= 0.3 is 5.97 Å². The number of hydrogen-bond acceptors (Lipinski definition) is 2. The van der Waals surface area contributed by atoms with Crippen molar-refractivity contribution in [2.24, 2.45) is 17.3 Å². The SMILES string of the molecule is [2H]C(C#C)(OC(=O)C1C(C=C(C)C)C1(C)C)C(C)=CCC. The van der Waals surface area contributed by atoms with Crippen molar-refractivity contribution in [3.05, 3.63) is 23.3 Å². The van der Waals surface area contributed by atoms with E-state index in [1.807, 2.05) is 40.7 Å². The highest BCUT2D eigenvalue weighted by Gasteiger charge is 2.61. The maximum atomic E-state index is 12.4. The monoisotopic (exact) mass is 275 g/mol. The molecule has 1 rings (SSSR count). The van der Waals surface area contributed by atoms with Crippen LogP contribution in [-0.4, -0.2) is 12.0 Å². The zero-order chi connectivity index (χ0) is 16.4. The molecule has 2 heteroatoms. The standard InChI is InChI=1S/C18H26O2/c1-8-10-13(5)15(9-2)20-17(19)16-14(11-12(3)4)18(16,6)7/h2,10-11,14-16H,8H2,1,3-7H3/i15D. The van der Waals surface area contributed by atoms with Crippen LogP contribution in [0.4, 0.5) is 0 Å². The second-order valence-corrected chi connectivity index (χ2v) is 6.26. The largest absolute Gasteiger partial charge is 0.444 e. The summed E-state index contributed by atoms with van der Waals surface area (Å²) >= 11 is 0. The minimum atomic E-state index is -1.69. The first-order chi connectivity index (χ1) is 9.60. The highest BCUT2D eigenvalue weighted by atomic mass is 16.5. The third-order valence-electron chi connectivity index (χ3n) is 3.88. The van der Waals surface area contributed by atoms with Gasteiger partial charge in [-0.3, -0.25) is 4.79 Å². The van der Waals surface area contributed by atoms with Crippen LogP contribution in [0, 0.1) is 29.6 Å². The number of carbonyl (C=O) groups excluding carboxylic acids is 1. The van der Waals surface area contributed by atoms with Gasteiger partial charge in [-0.15, -0.1) is 6.42 Å². The Labute approximate surface area is 124 Å². The molecule has 1 aliphatic carbocycles. The van der Waals surface area contributed by atoms with Gasteiger partial charge < -0.3 is 4.74 Å². The average Bonchev–Trinajstić information content (AvgIpc) is 2.89. The zero-order valence-electron chi connectivity index (χ0n) is 14.4. The molecule has 110 valence electrons. The van der Waals surface area contributed by atoms with E-state index in [0.29, 0.717) is 5.57 Å². The van der Waals surface area contributed by atoms with Crippen LogP contribution in [0.1, 0.15) is 49.3 Å². The number of rotatable bonds is 5. The number of carbonyl (C=O) groups is 1. The summed E-state index contributed by atoms with van der Waals surface area (Å²) in [6.07, 6.45) is 8.40. The van der Waals surface area contributed by atoms with E-state index in [9.17, 15) is 4.79 Å². The van der Waals surface area contributed by atoms with Crippen LogP contribution >= 0.6 is 0 Å². The van der Waals surface area contributed by atoms with E-state index in [1.54, 1.807) is 6.92 Å². The highest BCUT2D eigenvalue weighted by Crippen LogP contribution is 2.59. The van der Waals surface area contributed by atoms with Crippen LogP contribution in [0.3, 0.4) is 0 Å². The molecule has 1 fully saturated rings. The molecular weight excluding hydrogens is 248 g/mol. The summed E-state index contributed by atoms with van der Waals surface area (Å²) in [7, 11) is 0. The molecule has 0 spiro atoms. The van der Waals surface area contributed by atoms with Crippen LogP contribution < -0.4 is 0 Å². The lowest BCUT2D eigenvalue weighted by atomic mass is 10.1. The molecule has 0 radical (unpaired) electrons. The van der Waals surface area contributed by atoms with Crippen molar-refractivity contribution in [2.45, 2.75) is 54.0 Å². The second kappa shape index (κ2) is 6.31. The molecule has 0 saturated heterocycles. The van der Waals surface area contributed by atoms with Crippen LogP contribution in [0.5, 0.6) is 0 Å². The summed E-state index contributed by atoms with van der Waals surface area (Å²) in [5, 5.41) is 0. The van der Waals surface area contributed by atoms with Gasteiger partial charge in [0.15, 0.2) is 6.08 Å². The van der Waals surface area contributed by atoms with Crippen LogP contribution in [0.15, 0.2) is 23.3 Å². The summed E-state index contributed by atoms with van der Waals surface area (Å²) in [5.41, 5.74) is 1.63. The third kappa shape index (κ3) is 3.54. The maximum Gasteiger partial charge on any atom is 0.311 e. The van der Waals surface area contributed by atoms with Crippen molar-refractivity contribution in [1.82, 2.24) is 0 Å². The maximum absolute atomic E-state index is 12.4. The van der Waals surface area contributed by atoms with Crippen molar-refractivity contribution in [3.63, 3.8) is 0 Å². The van der Waals surface area contributed by atoms with E-state index in [1.165, 1.54) is 5.57 Å². The van der Waals surface area contributed by atoms with Gasteiger partial charge in [-0.2, -0.15) is 0 Å². The highest BCUT2D eigenvalue weighted by molar-refractivity contribution is 5.79. The van der Waals surface area contributed by atoms with Crippen molar-refractivity contribution < 1.29 is 10.9 Å². The minimum absolute atomic E-state index is 0.133. The average molecular weight is 275 g/mol. The Bertz CT molecular complexity index is 518. The van der Waals surface area contributed by atoms with E-state index in [0.717, 1.165) is 6.42 Å². The molecule has 0 aliphatic heterocycles. The fourth-order valence-corrected chi connectivity index (χ4v) is 2.58. The van der Waals surface area contributed by atoms with E-state index in [4.69, 9.17) is 12.5 Å². The van der Waals surface area contributed by atoms with Gasteiger partial charge in [0.05, 0.1) is 7.29 Å². The molecular formula is C18H26O2. The Morgan fingerprint density at radius 3 is 2.55 bits per heavy atom. The molecule has 0 N–H and O–H groups in total. The fourth-order valence-electron chi connectivity index (χ4n) is 2.58. The number of hydrogen-bond donors (Lipinski definition) is 0. The molecule has 3 unspecified atom stereocenters. The normalized spacial score (nSPS) is 27.6. The molecule has 0 aromatic rings. The molecule has 1 aliphatic rings. The molecule has 0 aromatic carbocycles. The molecule has 20 heavy (non-hydrogen) atoms. The van der Waals surface area contributed by atoms with Gasteiger partial charge in [0.25, 0.3) is 0 Å².